The molecule has 31 heavy (non-hydrogen) atoms. The van der Waals surface area contributed by atoms with Crippen LogP contribution in [-0.4, -0.2) is 32.3 Å². The van der Waals surface area contributed by atoms with Crippen LogP contribution in [0.1, 0.15) is 43.3 Å². The van der Waals surface area contributed by atoms with Gasteiger partial charge in [0.05, 0.1) is 10.5 Å². The molecule has 3 atom stereocenters. The molecule has 4 rings (SSSR count). The molecule has 0 fully saturated rings. The maximum absolute atomic E-state index is 13.1. The summed E-state index contributed by atoms with van der Waals surface area (Å²) in [7, 11) is 0. The summed E-state index contributed by atoms with van der Waals surface area (Å²) in [4.78, 5) is 24.7. The zero-order valence-corrected chi connectivity index (χ0v) is 18.7. The molecule has 7 nitrogen and oxygen atoms in total. The van der Waals surface area contributed by atoms with Gasteiger partial charge in [-0.05, 0) is 44.5 Å². The SMILES string of the molecule is CC(C)(C)OC(=O)n1c2c(c3ccccc31)[C@@H](O)[C@H]([N+](=O)[O-])[C@@H](c1ccc(Cl)cc1)S2. The number of hydrogen-bond donors (Lipinski definition) is 1. The van der Waals surface area contributed by atoms with E-state index < -0.39 is 34.0 Å². The van der Waals surface area contributed by atoms with Gasteiger partial charge in [-0.25, -0.2) is 9.36 Å². The number of carbonyl (C=O) groups excluding carboxylic acids is 1. The Hall–Kier alpha value is -2.55. The lowest BCUT2D eigenvalue weighted by atomic mass is 9.95. The number of halogens is 1. The third-order valence-electron chi connectivity index (χ3n) is 5.05. The Kier molecular flexibility index (Phi) is 5.49. The Morgan fingerprint density at radius 3 is 2.45 bits per heavy atom. The van der Waals surface area contributed by atoms with Crippen molar-refractivity contribution in [2.24, 2.45) is 0 Å². The van der Waals surface area contributed by atoms with E-state index in [1.54, 1.807) is 69.3 Å². The lowest BCUT2D eigenvalue weighted by molar-refractivity contribution is -0.536. The molecule has 0 saturated heterocycles. The Morgan fingerprint density at radius 1 is 1.19 bits per heavy atom. The van der Waals surface area contributed by atoms with E-state index in [0.717, 1.165) is 0 Å². The minimum Gasteiger partial charge on any atom is -0.443 e. The fraction of sp³-hybridized carbons (Fsp3) is 0.318. The average Bonchev–Trinajstić information content (AvgIpc) is 3.01. The van der Waals surface area contributed by atoms with Gasteiger partial charge in [-0.1, -0.05) is 53.7 Å². The van der Waals surface area contributed by atoms with Gasteiger partial charge in [0.2, 0.25) is 0 Å². The number of aliphatic hydroxyl groups is 1. The molecule has 1 aliphatic heterocycles. The highest BCUT2D eigenvalue weighted by Crippen LogP contribution is 2.53. The Labute approximate surface area is 188 Å². The van der Waals surface area contributed by atoms with Gasteiger partial charge in [-0.15, -0.1) is 0 Å². The second kappa shape index (κ2) is 7.85. The van der Waals surface area contributed by atoms with E-state index in [2.05, 4.69) is 0 Å². The van der Waals surface area contributed by atoms with Gasteiger partial charge >= 0.3 is 6.09 Å². The van der Waals surface area contributed by atoms with E-state index >= 15 is 0 Å². The molecule has 0 aliphatic carbocycles. The van der Waals surface area contributed by atoms with Crippen LogP contribution in [0.4, 0.5) is 4.79 Å². The largest absolute Gasteiger partial charge is 0.443 e. The maximum atomic E-state index is 13.1. The topological polar surface area (TPSA) is 94.6 Å². The molecule has 0 unspecified atom stereocenters. The molecule has 162 valence electrons. The number of nitro groups is 1. The lowest BCUT2D eigenvalue weighted by Gasteiger charge is -2.30. The number of rotatable bonds is 2. The van der Waals surface area contributed by atoms with Crippen molar-refractivity contribution in [2.45, 2.75) is 48.8 Å². The molecular formula is C22H21ClN2O5S. The third-order valence-corrected chi connectivity index (χ3v) is 6.74. The minimum atomic E-state index is -1.40. The van der Waals surface area contributed by atoms with E-state index in [4.69, 9.17) is 16.3 Å². The molecule has 0 spiro atoms. The molecule has 0 radical (unpaired) electrons. The number of para-hydroxylation sites is 1. The summed E-state index contributed by atoms with van der Waals surface area (Å²) < 4.78 is 7.01. The maximum Gasteiger partial charge on any atom is 0.419 e. The smallest absolute Gasteiger partial charge is 0.419 e. The molecular weight excluding hydrogens is 440 g/mol. The number of aromatic nitrogens is 1. The number of ether oxygens (including phenoxy) is 1. The van der Waals surface area contributed by atoms with Gasteiger partial charge in [-0.3, -0.25) is 10.1 Å². The second-order valence-electron chi connectivity index (χ2n) is 8.36. The first-order valence-corrected chi connectivity index (χ1v) is 10.9. The molecule has 0 bridgehead atoms. The first kappa shape index (κ1) is 21.7. The molecule has 3 aromatic rings. The first-order valence-electron chi connectivity index (χ1n) is 9.69. The summed E-state index contributed by atoms with van der Waals surface area (Å²) in [5, 5.41) is 24.0. The Balaban J connectivity index is 1.93. The van der Waals surface area contributed by atoms with Crippen molar-refractivity contribution in [3.63, 3.8) is 0 Å². The molecule has 2 heterocycles. The molecule has 1 aliphatic rings. The molecule has 9 heteroatoms. The van der Waals surface area contributed by atoms with Gasteiger partial charge in [0.25, 0.3) is 6.04 Å². The quantitative estimate of drug-likeness (QED) is 0.395. The molecule has 0 saturated carbocycles. The number of nitrogens with zero attached hydrogens (tertiary/aromatic N) is 2. The van der Waals surface area contributed by atoms with Crippen molar-refractivity contribution < 1.29 is 19.6 Å². The summed E-state index contributed by atoms with van der Waals surface area (Å²) in [6.07, 6.45) is -2.00. The summed E-state index contributed by atoms with van der Waals surface area (Å²) in [5.74, 6) is 0. The fourth-order valence-electron chi connectivity index (χ4n) is 3.80. The van der Waals surface area contributed by atoms with Crippen molar-refractivity contribution in [3.8, 4) is 0 Å². The summed E-state index contributed by atoms with van der Waals surface area (Å²) in [5.41, 5.74) is 0.819. The van der Waals surface area contributed by atoms with Gasteiger partial charge in [0, 0.05) is 20.9 Å². The van der Waals surface area contributed by atoms with Crippen molar-refractivity contribution in [1.82, 2.24) is 4.57 Å². The van der Waals surface area contributed by atoms with E-state index in [9.17, 15) is 20.0 Å². The van der Waals surface area contributed by atoms with E-state index in [1.165, 1.54) is 16.3 Å². The predicted octanol–water partition coefficient (Wildman–Crippen LogP) is 5.60. The number of hydrogen-bond acceptors (Lipinski definition) is 6. The van der Waals surface area contributed by atoms with Crippen molar-refractivity contribution in [2.75, 3.05) is 0 Å². The Morgan fingerprint density at radius 2 is 1.84 bits per heavy atom. The standard InChI is InChI=1S/C22H21ClN2O5S/c1-22(2,3)30-21(27)24-15-7-5-4-6-14(15)16-18(26)17(25(28)29)19(31-20(16)24)12-8-10-13(23)11-9-12/h4-11,17-19,26H,1-3H3/t17-,18+,19+/m0/s1. The first-order chi connectivity index (χ1) is 14.6. The number of benzene rings is 2. The zero-order valence-electron chi connectivity index (χ0n) is 17.1. The molecule has 2 aromatic carbocycles. The van der Waals surface area contributed by atoms with E-state index in [0.29, 0.717) is 32.1 Å². The average molecular weight is 461 g/mol. The van der Waals surface area contributed by atoms with Crippen LogP contribution in [0.15, 0.2) is 53.6 Å². The number of aliphatic hydroxyl groups excluding tert-OH is 1. The summed E-state index contributed by atoms with van der Waals surface area (Å²) in [6, 6.07) is 12.4. The van der Waals surface area contributed by atoms with Crippen LogP contribution in [-0.2, 0) is 4.74 Å². The fourth-order valence-corrected chi connectivity index (χ4v) is 5.49. The van der Waals surface area contributed by atoms with Crippen molar-refractivity contribution in [3.05, 3.63) is 74.8 Å². The molecule has 1 aromatic heterocycles. The van der Waals surface area contributed by atoms with Crippen LogP contribution in [0.2, 0.25) is 5.02 Å². The van der Waals surface area contributed by atoms with Crippen LogP contribution < -0.4 is 0 Å². The number of fused-ring (bicyclic) bond motifs is 3. The lowest BCUT2D eigenvalue weighted by Crippen LogP contribution is -2.36. The number of thioether (sulfide) groups is 1. The van der Waals surface area contributed by atoms with E-state index in [-0.39, 0.29) is 0 Å². The van der Waals surface area contributed by atoms with Crippen LogP contribution in [0.25, 0.3) is 10.9 Å². The second-order valence-corrected chi connectivity index (χ2v) is 9.93. The highest BCUT2D eigenvalue weighted by Gasteiger charge is 2.49. The van der Waals surface area contributed by atoms with Crippen molar-refractivity contribution >= 4 is 40.4 Å². The van der Waals surface area contributed by atoms with Gasteiger partial charge in [0.15, 0.2) is 6.10 Å². The Bertz CT molecular complexity index is 1170. The van der Waals surface area contributed by atoms with Crippen LogP contribution >= 0.6 is 23.4 Å². The minimum absolute atomic E-state index is 0.373. The van der Waals surface area contributed by atoms with Gasteiger partial charge in [0.1, 0.15) is 10.9 Å². The molecule has 1 N–H and O–H groups in total. The van der Waals surface area contributed by atoms with Gasteiger partial charge in [-0.2, -0.15) is 0 Å². The van der Waals surface area contributed by atoms with Crippen molar-refractivity contribution in [1.29, 1.82) is 0 Å². The predicted molar refractivity (Wildman–Crippen MR) is 119 cm³/mol. The highest BCUT2D eigenvalue weighted by molar-refractivity contribution is 7.99. The third kappa shape index (κ3) is 3.91. The normalized spacial score (nSPS) is 21.0. The highest BCUT2D eigenvalue weighted by atomic mass is 35.5. The summed E-state index contributed by atoms with van der Waals surface area (Å²) >= 11 is 7.17. The van der Waals surface area contributed by atoms with E-state index in [1.807, 2.05) is 0 Å². The monoisotopic (exact) mass is 460 g/mol. The van der Waals surface area contributed by atoms with Crippen LogP contribution in [0.5, 0.6) is 0 Å². The number of carbonyl (C=O) groups is 1. The van der Waals surface area contributed by atoms with Gasteiger partial charge < -0.3 is 9.84 Å². The van der Waals surface area contributed by atoms with Crippen LogP contribution in [0, 0.1) is 10.1 Å². The molecule has 0 amide bonds. The summed E-state index contributed by atoms with van der Waals surface area (Å²) in [6.45, 7) is 5.30. The zero-order chi connectivity index (χ0) is 22.5. The van der Waals surface area contributed by atoms with Crippen LogP contribution in [0.3, 0.4) is 0 Å².